The first-order chi connectivity index (χ1) is 15.5. The monoisotopic (exact) mass is 443 g/mol. The lowest BCUT2D eigenvalue weighted by atomic mass is 9.93. The highest BCUT2D eigenvalue weighted by atomic mass is 16.4. The van der Waals surface area contributed by atoms with Crippen LogP contribution in [-0.2, 0) is 16.1 Å². The van der Waals surface area contributed by atoms with Crippen LogP contribution in [0.3, 0.4) is 0 Å². The van der Waals surface area contributed by atoms with Crippen molar-refractivity contribution >= 4 is 11.9 Å². The van der Waals surface area contributed by atoms with Crippen LogP contribution in [0.25, 0.3) is 0 Å². The van der Waals surface area contributed by atoms with Crippen LogP contribution in [0.1, 0.15) is 44.1 Å². The SMILES string of the molecule is O=C(O)C(=O)O.c1ccc(CN2CCC(N3CCN(C4CC5CCC4C5)CC3)CC2)cc1. The highest BCUT2D eigenvalue weighted by Crippen LogP contribution is 2.46. The summed E-state index contributed by atoms with van der Waals surface area (Å²) in [4.78, 5) is 26.5. The summed E-state index contributed by atoms with van der Waals surface area (Å²) in [5, 5.41) is 14.8. The standard InChI is InChI=1S/C23H35N3.C2H2O4/c1-2-4-19(5-3-1)18-24-10-8-22(9-11-24)25-12-14-26(15-13-25)23-17-20-6-7-21(23)16-20;3-1(4)2(5)6/h1-5,20-23H,6-18H2;(H,3,4)(H,5,6). The van der Waals surface area contributed by atoms with Crippen LogP contribution in [0.15, 0.2) is 30.3 Å². The molecular formula is C25H37N3O4. The van der Waals surface area contributed by atoms with Gasteiger partial charge < -0.3 is 10.2 Å². The van der Waals surface area contributed by atoms with E-state index >= 15 is 0 Å². The average Bonchev–Trinajstić information content (AvgIpc) is 3.45. The number of carboxylic acid groups (broad SMARTS) is 2. The van der Waals surface area contributed by atoms with Crippen molar-refractivity contribution in [3.8, 4) is 0 Å². The fourth-order valence-electron chi connectivity index (χ4n) is 6.38. The van der Waals surface area contributed by atoms with E-state index in [2.05, 4.69) is 45.0 Å². The number of likely N-dealkylation sites (tertiary alicyclic amines) is 1. The molecule has 1 aromatic carbocycles. The second kappa shape index (κ2) is 10.8. The molecular weight excluding hydrogens is 406 g/mol. The van der Waals surface area contributed by atoms with Crippen LogP contribution in [0.2, 0.25) is 0 Å². The maximum atomic E-state index is 9.10. The Morgan fingerprint density at radius 3 is 1.94 bits per heavy atom. The van der Waals surface area contributed by atoms with Gasteiger partial charge in [0.25, 0.3) is 0 Å². The van der Waals surface area contributed by atoms with Crippen LogP contribution in [-0.4, -0.2) is 88.2 Å². The van der Waals surface area contributed by atoms with Crippen molar-refractivity contribution in [3.63, 3.8) is 0 Å². The lowest BCUT2D eigenvalue weighted by Crippen LogP contribution is -2.55. The molecule has 7 nitrogen and oxygen atoms in total. The van der Waals surface area contributed by atoms with E-state index in [9.17, 15) is 0 Å². The van der Waals surface area contributed by atoms with E-state index in [1.165, 1.54) is 76.9 Å². The zero-order valence-electron chi connectivity index (χ0n) is 18.9. The summed E-state index contributed by atoms with van der Waals surface area (Å²) in [7, 11) is 0. The highest BCUT2D eigenvalue weighted by molar-refractivity contribution is 6.27. The van der Waals surface area contributed by atoms with Crippen molar-refractivity contribution in [1.82, 2.24) is 14.7 Å². The van der Waals surface area contributed by atoms with E-state index < -0.39 is 11.9 Å². The Kier molecular flexibility index (Phi) is 7.81. The smallest absolute Gasteiger partial charge is 0.414 e. The zero-order chi connectivity index (χ0) is 22.5. The number of hydrogen-bond acceptors (Lipinski definition) is 5. The number of fused-ring (bicyclic) bond motifs is 2. The number of carboxylic acids is 2. The Bertz CT molecular complexity index is 746. The van der Waals surface area contributed by atoms with Crippen molar-refractivity contribution < 1.29 is 19.8 Å². The number of hydrogen-bond donors (Lipinski definition) is 2. The number of benzene rings is 1. The predicted octanol–water partition coefficient (Wildman–Crippen LogP) is 2.61. The topological polar surface area (TPSA) is 84.3 Å². The third-order valence-corrected chi connectivity index (χ3v) is 8.02. The minimum absolute atomic E-state index is 0.837. The molecule has 0 amide bonds. The maximum absolute atomic E-state index is 9.10. The molecule has 3 unspecified atom stereocenters. The van der Waals surface area contributed by atoms with Crippen LogP contribution >= 0.6 is 0 Å². The molecule has 0 spiro atoms. The number of nitrogens with zero attached hydrogens (tertiary/aromatic N) is 3. The number of carbonyl (C=O) groups is 2. The summed E-state index contributed by atoms with van der Waals surface area (Å²) < 4.78 is 0. The van der Waals surface area contributed by atoms with E-state index in [4.69, 9.17) is 19.8 Å². The van der Waals surface area contributed by atoms with E-state index in [1.807, 2.05) is 0 Å². The summed E-state index contributed by atoms with van der Waals surface area (Å²) in [6, 6.07) is 12.8. The van der Waals surface area contributed by atoms with Gasteiger partial charge in [0.2, 0.25) is 0 Å². The van der Waals surface area contributed by atoms with Gasteiger partial charge in [0.1, 0.15) is 0 Å². The Labute approximate surface area is 191 Å². The average molecular weight is 444 g/mol. The molecule has 4 fully saturated rings. The minimum Gasteiger partial charge on any atom is -0.473 e. The number of rotatable bonds is 4. The van der Waals surface area contributed by atoms with Crippen LogP contribution in [0, 0.1) is 11.8 Å². The van der Waals surface area contributed by atoms with Crippen LogP contribution in [0.5, 0.6) is 0 Å². The largest absolute Gasteiger partial charge is 0.473 e. The highest BCUT2D eigenvalue weighted by Gasteiger charge is 2.43. The molecule has 5 rings (SSSR count). The molecule has 0 aromatic heterocycles. The van der Waals surface area contributed by atoms with E-state index in [-0.39, 0.29) is 0 Å². The summed E-state index contributed by atoms with van der Waals surface area (Å²) in [5.74, 6) is -1.52. The first kappa shape index (κ1) is 23.2. The molecule has 2 saturated heterocycles. The van der Waals surface area contributed by atoms with E-state index in [0.717, 1.165) is 30.5 Å². The van der Waals surface area contributed by atoms with Gasteiger partial charge in [-0.2, -0.15) is 0 Å². The van der Waals surface area contributed by atoms with Gasteiger partial charge in [0, 0.05) is 44.8 Å². The van der Waals surface area contributed by atoms with Gasteiger partial charge in [-0.25, -0.2) is 9.59 Å². The molecule has 32 heavy (non-hydrogen) atoms. The third-order valence-electron chi connectivity index (χ3n) is 8.02. The fourth-order valence-corrected chi connectivity index (χ4v) is 6.38. The lowest BCUT2D eigenvalue weighted by Gasteiger charge is -2.45. The van der Waals surface area contributed by atoms with Gasteiger partial charge >= 0.3 is 11.9 Å². The van der Waals surface area contributed by atoms with Gasteiger partial charge in [-0.05, 0) is 62.6 Å². The van der Waals surface area contributed by atoms with Gasteiger partial charge in [-0.3, -0.25) is 14.7 Å². The van der Waals surface area contributed by atoms with Crippen LogP contribution < -0.4 is 0 Å². The minimum atomic E-state index is -1.82. The Morgan fingerprint density at radius 2 is 1.41 bits per heavy atom. The molecule has 2 aliphatic heterocycles. The molecule has 2 bridgehead atoms. The zero-order valence-corrected chi connectivity index (χ0v) is 18.9. The summed E-state index contributed by atoms with van der Waals surface area (Å²) >= 11 is 0. The first-order valence-corrected chi connectivity index (χ1v) is 12.2. The molecule has 2 saturated carbocycles. The van der Waals surface area contributed by atoms with Crippen molar-refractivity contribution in [3.05, 3.63) is 35.9 Å². The summed E-state index contributed by atoms with van der Waals surface area (Å²) in [6.45, 7) is 8.97. The van der Waals surface area contributed by atoms with E-state index in [1.54, 1.807) is 6.42 Å². The van der Waals surface area contributed by atoms with Crippen molar-refractivity contribution in [2.24, 2.45) is 11.8 Å². The molecule has 2 heterocycles. The molecule has 4 aliphatic rings. The van der Waals surface area contributed by atoms with Crippen molar-refractivity contribution in [2.45, 2.75) is 57.2 Å². The van der Waals surface area contributed by atoms with Crippen molar-refractivity contribution in [2.75, 3.05) is 39.3 Å². The number of piperidine rings is 1. The van der Waals surface area contributed by atoms with E-state index in [0.29, 0.717) is 0 Å². The molecule has 0 radical (unpaired) electrons. The summed E-state index contributed by atoms with van der Waals surface area (Å²) in [6.07, 6.45) is 8.84. The number of aliphatic carboxylic acids is 2. The predicted molar refractivity (Wildman–Crippen MR) is 122 cm³/mol. The van der Waals surface area contributed by atoms with Gasteiger partial charge in [-0.15, -0.1) is 0 Å². The van der Waals surface area contributed by atoms with Crippen molar-refractivity contribution in [1.29, 1.82) is 0 Å². The molecule has 1 aromatic rings. The normalized spacial score (nSPS) is 29.4. The molecule has 3 atom stereocenters. The molecule has 2 aliphatic carbocycles. The molecule has 2 N–H and O–H groups in total. The maximum Gasteiger partial charge on any atom is 0.414 e. The fraction of sp³-hybridized carbons (Fsp3) is 0.680. The van der Waals surface area contributed by atoms with Gasteiger partial charge in [-0.1, -0.05) is 36.8 Å². The van der Waals surface area contributed by atoms with Crippen LogP contribution in [0.4, 0.5) is 0 Å². The second-order valence-electron chi connectivity index (χ2n) is 9.92. The third kappa shape index (κ3) is 5.88. The first-order valence-electron chi connectivity index (χ1n) is 12.2. The Morgan fingerprint density at radius 1 is 0.781 bits per heavy atom. The Balaban J connectivity index is 0.000000363. The quantitative estimate of drug-likeness (QED) is 0.692. The van der Waals surface area contributed by atoms with Gasteiger partial charge in [0.05, 0.1) is 0 Å². The number of piperazine rings is 1. The lowest BCUT2D eigenvalue weighted by molar-refractivity contribution is -0.159. The molecule has 7 heteroatoms. The van der Waals surface area contributed by atoms with Gasteiger partial charge in [0.15, 0.2) is 0 Å². The summed E-state index contributed by atoms with van der Waals surface area (Å²) in [5.41, 5.74) is 1.46. The second-order valence-corrected chi connectivity index (χ2v) is 9.92. The Hall–Kier alpha value is -1.96. The molecule has 176 valence electrons.